The van der Waals surface area contributed by atoms with Gasteiger partial charge in [0.15, 0.2) is 0 Å². The van der Waals surface area contributed by atoms with Crippen molar-refractivity contribution in [3.8, 4) is 0 Å². The second-order valence-corrected chi connectivity index (χ2v) is 6.55. The number of likely N-dealkylation sites (tertiary alicyclic amines) is 2. The fraction of sp³-hybridized carbons (Fsp3) is 0.471. The number of carbonyl (C=O) groups excluding carboxylic acids is 2. The topological polar surface area (TPSA) is 103 Å². The number of amides is 2. The number of nitrogens with zero attached hydrogens (tertiary/aromatic N) is 2. The SMILES string of the molecule is C=CCN1C[C@@]2(C(=O)O)CN(CC(=O)NCc3ccco3)C[C@H]2C1=O. The van der Waals surface area contributed by atoms with Crippen LogP contribution >= 0.6 is 0 Å². The molecule has 134 valence electrons. The molecule has 2 saturated heterocycles. The lowest BCUT2D eigenvalue weighted by Crippen LogP contribution is -2.43. The van der Waals surface area contributed by atoms with Crippen LogP contribution in [0.15, 0.2) is 35.5 Å². The van der Waals surface area contributed by atoms with E-state index in [1.807, 2.05) is 0 Å². The quantitative estimate of drug-likeness (QED) is 0.669. The molecular formula is C17H21N3O5. The lowest BCUT2D eigenvalue weighted by Gasteiger charge is -2.24. The summed E-state index contributed by atoms with van der Waals surface area (Å²) in [5, 5.41) is 12.4. The average Bonchev–Trinajstić information content (AvgIpc) is 3.24. The highest BCUT2D eigenvalue weighted by atomic mass is 16.4. The number of rotatable bonds is 7. The molecule has 0 aromatic carbocycles. The fourth-order valence-electron chi connectivity index (χ4n) is 3.69. The number of hydrogen-bond acceptors (Lipinski definition) is 5. The molecule has 2 aliphatic rings. The van der Waals surface area contributed by atoms with E-state index in [9.17, 15) is 19.5 Å². The number of carboxylic acid groups (broad SMARTS) is 1. The molecule has 8 heteroatoms. The number of hydrogen-bond donors (Lipinski definition) is 2. The molecule has 0 unspecified atom stereocenters. The minimum absolute atomic E-state index is 0.0565. The highest BCUT2D eigenvalue weighted by molar-refractivity contribution is 5.92. The average molecular weight is 347 g/mol. The Kier molecular flexibility index (Phi) is 4.63. The van der Waals surface area contributed by atoms with E-state index in [2.05, 4.69) is 11.9 Å². The second-order valence-electron chi connectivity index (χ2n) is 6.55. The molecule has 3 heterocycles. The number of furan rings is 1. The van der Waals surface area contributed by atoms with Crippen LogP contribution in [0.4, 0.5) is 0 Å². The third-order valence-corrected chi connectivity index (χ3v) is 4.88. The van der Waals surface area contributed by atoms with E-state index in [0.717, 1.165) is 0 Å². The van der Waals surface area contributed by atoms with Crippen molar-refractivity contribution in [3.63, 3.8) is 0 Å². The summed E-state index contributed by atoms with van der Waals surface area (Å²) < 4.78 is 5.15. The van der Waals surface area contributed by atoms with Crippen LogP contribution < -0.4 is 5.32 Å². The summed E-state index contributed by atoms with van der Waals surface area (Å²) in [6.45, 7) is 4.89. The summed E-state index contributed by atoms with van der Waals surface area (Å²) in [6.07, 6.45) is 3.12. The Morgan fingerprint density at radius 2 is 2.28 bits per heavy atom. The van der Waals surface area contributed by atoms with Crippen molar-refractivity contribution in [1.29, 1.82) is 0 Å². The number of carbonyl (C=O) groups is 3. The van der Waals surface area contributed by atoms with Gasteiger partial charge in [-0.25, -0.2) is 0 Å². The Morgan fingerprint density at radius 1 is 1.48 bits per heavy atom. The van der Waals surface area contributed by atoms with Gasteiger partial charge in [-0.15, -0.1) is 6.58 Å². The monoisotopic (exact) mass is 347 g/mol. The van der Waals surface area contributed by atoms with Crippen molar-refractivity contribution < 1.29 is 23.9 Å². The van der Waals surface area contributed by atoms with E-state index in [1.165, 1.54) is 11.2 Å². The molecule has 0 spiro atoms. The standard InChI is InChI=1S/C17H21N3O5/c1-2-5-20-11-17(16(23)24)10-19(8-13(17)15(20)22)9-14(21)18-7-12-4-3-6-25-12/h2-4,6,13H,1,5,7-11H2,(H,18,21)(H,23,24)/t13-,17-/m0/s1. The molecule has 2 atom stereocenters. The van der Waals surface area contributed by atoms with Crippen LogP contribution in [0.1, 0.15) is 5.76 Å². The molecule has 2 N–H and O–H groups in total. The van der Waals surface area contributed by atoms with Gasteiger partial charge in [0, 0.05) is 26.2 Å². The molecular weight excluding hydrogens is 326 g/mol. The van der Waals surface area contributed by atoms with Gasteiger partial charge in [-0.05, 0) is 12.1 Å². The summed E-state index contributed by atoms with van der Waals surface area (Å²) in [6, 6.07) is 3.49. The van der Waals surface area contributed by atoms with Gasteiger partial charge in [0.1, 0.15) is 11.2 Å². The van der Waals surface area contributed by atoms with Crippen molar-refractivity contribution in [1.82, 2.24) is 15.1 Å². The lowest BCUT2D eigenvalue weighted by atomic mass is 9.81. The van der Waals surface area contributed by atoms with Crippen LogP contribution in [0.3, 0.4) is 0 Å². The largest absolute Gasteiger partial charge is 0.481 e. The van der Waals surface area contributed by atoms with Crippen molar-refractivity contribution in [2.75, 3.05) is 32.7 Å². The van der Waals surface area contributed by atoms with Crippen molar-refractivity contribution in [2.45, 2.75) is 6.54 Å². The number of fused-ring (bicyclic) bond motifs is 1. The maximum absolute atomic E-state index is 12.5. The number of carboxylic acids is 1. The Hall–Kier alpha value is -2.61. The van der Waals surface area contributed by atoms with E-state index in [-0.39, 0.29) is 44.5 Å². The number of aliphatic carboxylic acids is 1. The highest BCUT2D eigenvalue weighted by Gasteiger charge is 2.61. The van der Waals surface area contributed by atoms with Gasteiger partial charge in [0.05, 0.1) is 25.3 Å². The molecule has 2 fully saturated rings. The summed E-state index contributed by atoms with van der Waals surface area (Å²) >= 11 is 0. The molecule has 1 aromatic heterocycles. The van der Waals surface area contributed by atoms with E-state index >= 15 is 0 Å². The number of nitrogens with one attached hydrogen (secondary N) is 1. The summed E-state index contributed by atoms with van der Waals surface area (Å²) in [5.41, 5.74) is -1.15. The van der Waals surface area contributed by atoms with E-state index in [4.69, 9.17) is 4.42 Å². The zero-order valence-corrected chi connectivity index (χ0v) is 13.8. The van der Waals surface area contributed by atoms with Crippen LogP contribution in [-0.4, -0.2) is 65.4 Å². The van der Waals surface area contributed by atoms with Gasteiger partial charge in [-0.3, -0.25) is 19.3 Å². The van der Waals surface area contributed by atoms with Gasteiger partial charge in [-0.2, -0.15) is 0 Å². The molecule has 0 bridgehead atoms. The minimum atomic E-state index is -1.15. The molecule has 25 heavy (non-hydrogen) atoms. The third kappa shape index (κ3) is 3.17. The molecule has 1 aromatic rings. The first-order valence-electron chi connectivity index (χ1n) is 8.11. The zero-order valence-electron chi connectivity index (χ0n) is 13.8. The second kappa shape index (κ2) is 6.72. The molecule has 2 amide bonds. The van der Waals surface area contributed by atoms with Crippen LogP contribution in [0.5, 0.6) is 0 Å². The van der Waals surface area contributed by atoms with E-state index in [1.54, 1.807) is 23.1 Å². The molecule has 2 aliphatic heterocycles. The Bertz CT molecular complexity index is 686. The van der Waals surface area contributed by atoms with Crippen LogP contribution in [-0.2, 0) is 20.9 Å². The molecule has 8 nitrogen and oxygen atoms in total. The fourth-order valence-corrected chi connectivity index (χ4v) is 3.69. The Labute approximate surface area is 145 Å². The molecule has 0 radical (unpaired) electrons. The molecule has 0 aliphatic carbocycles. The van der Waals surface area contributed by atoms with Gasteiger partial charge in [0.25, 0.3) is 0 Å². The summed E-state index contributed by atoms with van der Waals surface area (Å²) in [5.74, 6) is -1.38. The van der Waals surface area contributed by atoms with Crippen LogP contribution in [0.2, 0.25) is 0 Å². The Morgan fingerprint density at radius 3 is 2.88 bits per heavy atom. The molecule has 3 rings (SSSR count). The minimum Gasteiger partial charge on any atom is -0.481 e. The first kappa shape index (κ1) is 17.2. The van der Waals surface area contributed by atoms with E-state index < -0.39 is 17.3 Å². The Balaban J connectivity index is 1.61. The first-order valence-corrected chi connectivity index (χ1v) is 8.11. The lowest BCUT2D eigenvalue weighted by molar-refractivity contribution is -0.149. The predicted molar refractivity (Wildman–Crippen MR) is 87.3 cm³/mol. The predicted octanol–water partition coefficient (Wildman–Crippen LogP) is -0.0732. The van der Waals surface area contributed by atoms with Crippen molar-refractivity contribution >= 4 is 17.8 Å². The molecule has 0 saturated carbocycles. The van der Waals surface area contributed by atoms with Crippen molar-refractivity contribution in [2.24, 2.45) is 11.3 Å². The smallest absolute Gasteiger partial charge is 0.313 e. The van der Waals surface area contributed by atoms with Crippen LogP contribution in [0, 0.1) is 11.3 Å². The maximum atomic E-state index is 12.5. The van der Waals surface area contributed by atoms with Crippen molar-refractivity contribution in [3.05, 3.63) is 36.8 Å². The van der Waals surface area contributed by atoms with Gasteiger partial charge < -0.3 is 19.7 Å². The van der Waals surface area contributed by atoms with Gasteiger partial charge in [-0.1, -0.05) is 6.08 Å². The third-order valence-electron chi connectivity index (χ3n) is 4.88. The zero-order chi connectivity index (χ0) is 18.0. The first-order chi connectivity index (χ1) is 12.0. The summed E-state index contributed by atoms with van der Waals surface area (Å²) in [4.78, 5) is 39.7. The highest BCUT2D eigenvalue weighted by Crippen LogP contribution is 2.43. The van der Waals surface area contributed by atoms with Crippen LogP contribution in [0.25, 0.3) is 0 Å². The maximum Gasteiger partial charge on any atom is 0.313 e. The van der Waals surface area contributed by atoms with E-state index in [0.29, 0.717) is 12.3 Å². The normalized spacial score (nSPS) is 25.8. The van der Waals surface area contributed by atoms with Gasteiger partial charge >= 0.3 is 5.97 Å². The van der Waals surface area contributed by atoms with Gasteiger partial charge in [0.2, 0.25) is 11.8 Å². The summed E-state index contributed by atoms with van der Waals surface area (Å²) in [7, 11) is 0.